The zero-order chi connectivity index (χ0) is 30.6. The van der Waals surface area contributed by atoms with Gasteiger partial charge in [0.15, 0.2) is 11.5 Å². The van der Waals surface area contributed by atoms with Crippen molar-refractivity contribution in [2.24, 2.45) is 0 Å². The van der Waals surface area contributed by atoms with E-state index in [-0.39, 0.29) is 22.9 Å². The first-order chi connectivity index (χ1) is 19.9. The molecule has 11 nitrogen and oxygen atoms in total. The highest BCUT2D eigenvalue weighted by atomic mass is 16.6. The van der Waals surface area contributed by atoms with E-state index >= 15 is 0 Å². The van der Waals surface area contributed by atoms with Crippen LogP contribution in [0.15, 0.2) is 71.1 Å². The van der Waals surface area contributed by atoms with Gasteiger partial charge in [-0.2, -0.15) is 0 Å². The molecule has 3 unspecified atom stereocenters. The summed E-state index contributed by atoms with van der Waals surface area (Å²) in [4.78, 5) is 40.0. The second kappa shape index (κ2) is 13.1. The van der Waals surface area contributed by atoms with Crippen molar-refractivity contribution < 1.29 is 33.5 Å². The molecule has 0 fully saturated rings. The van der Waals surface area contributed by atoms with Gasteiger partial charge in [0, 0.05) is 36.6 Å². The molecular formula is C31H37N3O8. The zero-order valence-electron chi connectivity index (χ0n) is 24.7. The number of para-hydroxylation sites is 2. The summed E-state index contributed by atoms with van der Waals surface area (Å²) in [6, 6.07) is 13.4. The molecule has 11 heteroatoms. The molecule has 0 aromatic heterocycles. The van der Waals surface area contributed by atoms with E-state index in [0.29, 0.717) is 48.2 Å². The molecule has 0 spiro atoms. The minimum atomic E-state index is -0.928. The summed E-state index contributed by atoms with van der Waals surface area (Å²) in [6.07, 6.45) is -1.13. The number of fused-ring (bicyclic) bond motifs is 1. The van der Waals surface area contributed by atoms with Gasteiger partial charge in [-0.1, -0.05) is 24.3 Å². The number of nitrogens with one attached hydrogen (secondary N) is 1. The van der Waals surface area contributed by atoms with Crippen molar-refractivity contribution in [3.8, 4) is 11.5 Å². The first-order valence-electron chi connectivity index (χ1n) is 13.9. The number of carbonyl (C=O) groups is 2. The van der Waals surface area contributed by atoms with Gasteiger partial charge in [-0.15, -0.1) is 0 Å². The molecule has 1 N–H and O–H groups in total. The topological polar surface area (TPSA) is 129 Å². The van der Waals surface area contributed by atoms with Crippen LogP contribution in [0.4, 0.5) is 5.69 Å². The summed E-state index contributed by atoms with van der Waals surface area (Å²) in [6.45, 7) is 10.0. The third-order valence-corrected chi connectivity index (χ3v) is 6.92. The molecular weight excluding hydrogens is 542 g/mol. The fraction of sp³-hybridized carbons (Fsp3) is 0.419. The maximum atomic E-state index is 13.7. The second-order valence-corrected chi connectivity index (χ2v) is 10.9. The van der Waals surface area contributed by atoms with Crippen molar-refractivity contribution in [3.63, 3.8) is 0 Å². The van der Waals surface area contributed by atoms with E-state index in [1.54, 1.807) is 40.7 Å². The number of carbonyl (C=O) groups excluding carboxylic acids is 2. The number of rotatable bonds is 10. The van der Waals surface area contributed by atoms with Crippen LogP contribution in [0.5, 0.6) is 11.5 Å². The molecule has 0 amide bonds. The largest absolute Gasteiger partial charge is 0.486 e. The average Bonchev–Trinajstić information content (AvgIpc) is 2.91. The lowest BCUT2D eigenvalue weighted by Crippen LogP contribution is -2.42. The quantitative estimate of drug-likeness (QED) is 0.244. The number of nitro benzene ring substituents is 1. The number of dihydropyridines is 1. The number of nitro groups is 1. The molecule has 0 saturated carbocycles. The molecule has 224 valence electrons. The van der Waals surface area contributed by atoms with Crippen LogP contribution in [0.1, 0.15) is 46.1 Å². The second-order valence-electron chi connectivity index (χ2n) is 10.9. The lowest BCUT2D eigenvalue weighted by molar-refractivity contribution is -0.384. The van der Waals surface area contributed by atoms with Crippen LogP contribution in [0.3, 0.4) is 0 Å². The van der Waals surface area contributed by atoms with Crippen molar-refractivity contribution in [1.82, 2.24) is 10.2 Å². The number of non-ortho nitro benzene ring substituents is 1. The summed E-state index contributed by atoms with van der Waals surface area (Å²) < 4.78 is 23.2. The fourth-order valence-electron chi connectivity index (χ4n) is 5.26. The molecule has 4 rings (SSSR count). The Morgan fingerprint density at radius 2 is 1.67 bits per heavy atom. The van der Waals surface area contributed by atoms with Crippen LogP contribution in [-0.4, -0.2) is 66.8 Å². The monoisotopic (exact) mass is 579 g/mol. The number of likely N-dealkylation sites (N-methyl/N-ethyl adjacent to an activating group) is 1. The third kappa shape index (κ3) is 7.09. The summed E-state index contributed by atoms with van der Waals surface area (Å²) in [5.41, 5.74) is 1.62. The molecule has 2 aliphatic rings. The van der Waals surface area contributed by atoms with Gasteiger partial charge in [-0.25, -0.2) is 9.59 Å². The van der Waals surface area contributed by atoms with Crippen LogP contribution in [0.25, 0.3) is 0 Å². The Labute approximate surface area is 245 Å². The predicted molar refractivity (Wildman–Crippen MR) is 155 cm³/mol. The van der Waals surface area contributed by atoms with Gasteiger partial charge in [0.25, 0.3) is 5.69 Å². The summed E-state index contributed by atoms with van der Waals surface area (Å²) in [5, 5.41) is 14.7. The zero-order valence-corrected chi connectivity index (χ0v) is 24.7. The minimum absolute atomic E-state index is 0.155. The van der Waals surface area contributed by atoms with Gasteiger partial charge in [0.05, 0.1) is 28.1 Å². The van der Waals surface area contributed by atoms with E-state index in [1.165, 1.54) is 18.2 Å². The number of nitrogens with zero attached hydrogens (tertiary/aromatic N) is 2. The summed E-state index contributed by atoms with van der Waals surface area (Å²) in [5.74, 6) is -0.777. The lowest BCUT2D eigenvalue weighted by Gasteiger charge is -2.32. The molecule has 2 aromatic carbocycles. The van der Waals surface area contributed by atoms with Crippen LogP contribution in [-0.2, 0) is 19.1 Å². The predicted octanol–water partition coefficient (Wildman–Crippen LogP) is 4.48. The maximum Gasteiger partial charge on any atom is 0.337 e. The minimum Gasteiger partial charge on any atom is -0.486 e. The van der Waals surface area contributed by atoms with Crippen LogP contribution >= 0.6 is 0 Å². The third-order valence-electron chi connectivity index (χ3n) is 6.92. The van der Waals surface area contributed by atoms with E-state index in [0.717, 1.165) is 0 Å². The van der Waals surface area contributed by atoms with Gasteiger partial charge in [-0.3, -0.25) is 15.0 Å². The van der Waals surface area contributed by atoms with Crippen LogP contribution in [0, 0.1) is 10.1 Å². The number of allylic oxidation sites excluding steroid dienone is 2. The molecule has 3 atom stereocenters. The standard InChI is InChI=1S/C31H37N3O8/c1-18(2)40-30(35)27-20(4)32-21(5)28(29(27)22-10-9-11-23(14-22)34(37)38)31(36)41-19(3)15-33(6)16-24-17-39-25-12-7-8-13-26(25)42-24/h7-14,18-19,24,29,32H,15-17H2,1-6H3. The molecule has 2 aromatic rings. The molecule has 0 bridgehead atoms. The van der Waals surface area contributed by atoms with Gasteiger partial charge in [0.2, 0.25) is 0 Å². The molecule has 0 saturated heterocycles. The molecule has 42 heavy (non-hydrogen) atoms. The van der Waals surface area contributed by atoms with Gasteiger partial charge in [-0.05, 0) is 59.4 Å². The van der Waals surface area contributed by atoms with Gasteiger partial charge < -0.3 is 24.3 Å². The first kappa shape index (κ1) is 30.6. The number of ether oxygens (including phenoxy) is 4. The normalized spacial score (nSPS) is 19.0. The van der Waals surface area contributed by atoms with E-state index in [4.69, 9.17) is 18.9 Å². The fourth-order valence-corrected chi connectivity index (χ4v) is 5.26. The first-order valence-corrected chi connectivity index (χ1v) is 13.9. The highest BCUT2D eigenvalue weighted by molar-refractivity contribution is 6.00. The molecule has 2 heterocycles. The number of hydrogen-bond donors (Lipinski definition) is 1. The Morgan fingerprint density at radius 1 is 1.02 bits per heavy atom. The van der Waals surface area contributed by atoms with Gasteiger partial charge >= 0.3 is 11.9 Å². The average molecular weight is 580 g/mol. The van der Waals surface area contributed by atoms with E-state index in [9.17, 15) is 19.7 Å². The highest BCUT2D eigenvalue weighted by Crippen LogP contribution is 2.40. The van der Waals surface area contributed by atoms with Crippen molar-refractivity contribution >= 4 is 17.6 Å². The molecule has 2 aliphatic heterocycles. The lowest BCUT2D eigenvalue weighted by atomic mass is 9.80. The Morgan fingerprint density at radius 3 is 2.31 bits per heavy atom. The van der Waals surface area contributed by atoms with Crippen molar-refractivity contribution in [2.45, 2.75) is 58.8 Å². The van der Waals surface area contributed by atoms with Crippen molar-refractivity contribution in [1.29, 1.82) is 0 Å². The molecule has 0 radical (unpaired) electrons. The Bertz CT molecular complexity index is 1420. The smallest absolute Gasteiger partial charge is 0.337 e. The number of hydrogen-bond acceptors (Lipinski definition) is 10. The summed E-state index contributed by atoms with van der Waals surface area (Å²) >= 11 is 0. The van der Waals surface area contributed by atoms with E-state index < -0.39 is 35.0 Å². The van der Waals surface area contributed by atoms with Crippen molar-refractivity contribution in [2.75, 3.05) is 26.7 Å². The number of benzene rings is 2. The Kier molecular flexibility index (Phi) is 9.52. The maximum absolute atomic E-state index is 13.7. The van der Waals surface area contributed by atoms with Crippen LogP contribution in [0.2, 0.25) is 0 Å². The van der Waals surface area contributed by atoms with E-state index in [1.807, 2.05) is 36.2 Å². The van der Waals surface area contributed by atoms with Crippen molar-refractivity contribution in [3.05, 3.63) is 86.7 Å². The number of esters is 2. The molecule has 0 aliphatic carbocycles. The van der Waals surface area contributed by atoms with E-state index in [2.05, 4.69) is 5.32 Å². The van der Waals surface area contributed by atoms with Gasteiger partial charge in [0.1, 0.15) is 18.8 Å². The highest BCUT2D eigenvalue weighted by Gasteiger charge is 2.39. The SMILES string of the molecule is CC1=C(C(=O)OC(C)C)C(c2cccc([N+](=O)[O-])c2)C(C(=O)OC(C)CN(C)CC2COc3ccccc3O2)=C(C)N1. The van der Waals surface area contributed by atoms with Crippen LogP contribution < -0.4 is 14.8 Å². The Balaban J connectivity index is 1.52. The Hall–Kier alpha value is -4.38. The summed E-state index contributed by atoms with van der Waals surface area (Å²) in [7, 11) is 1.90.